The largest absolute Gasteiger partial charge is 0.353 e. The van der Waals surface area contributed by atoms with Gasteiger partial charge in [0.05, 0.1) is 18.9 Å². The zero-order valence-corrected chi connectivity index (χ0v) is 15.9. The molecule has 27 heavy (non-hydrogen) atoms. The Balaban J connectivity index is 1.27. The molecule has 7 nitrogen and oxygen atoms in total. The van der Waals surface area contributed by atoms with Gasteiger partial charge < -0.3 is 20.0 Å². The molecule has 0 bridgehead atoms. The Morgan fingerprint density at radius 3 is 2.67 bits per heavy atom. The lowest BCUT2D eigenvalue weighted by Gasteiger charge is -2.37. The summed E-state index contributed by atoms with van der Waals surface area (Å²) in [6, 6.07) is 8.62. The Labute approximate surface area is 160 Å². The van der Waals surface area contributed by atoms with Gasteiger partial charge in [-0.15, -0.1) is 0 Å². The van der Waals surface area contributed by atoms with E-state index in [9.17, 15) is 4.79 Å². The molecule has 2 amide bonds. The summed E-state index contributed by atoms with van der Waals surface area (Å²) in [7, 11) is 0. The second kappa shape index (κ2) is 7.42. The topological polar surface area (TPSA) is 63.5 Å². The van der Waals surface area contributed by atoms with Crippen molar-refractivity contribution >= 4 is 18.2 Å². The van der Waals surface area contributed by atoms with Crippen LogP contribution in [-0.2, 0) is 6.54 Å². The van der Waals surface area contributed by atoms with Crippen LogP contribution in [0.3, 0.4) is 0 Å². The fraction of sp³-hybridized carbons (Fsp3) is 0.450. The van der Waals surface area contributed by atoms with Crippen LogP contribution in [0, 0.1) is 6.92 Å². The maximum atomic E-state index is 12.4. The van der Waals surface area contributed by atoms with Gasteiger partial charge in [0.1, 0.15) is 11.7 Å². The van der Waals surface area contributed by atoms with Crippen LogP contribution in [0.15, 0.2) is 46.1 Å². The summed E-state index contributed by atoms with van der Waals surface area (Å²) < 4.78 is 0. The average Bonchev–Trinajstić information content (AvgIpc) is 3.08. The fourth-order valence-electron chi connectivity index (χ4n) is 3.50. The molecule has 1 aromatic carbocycles. The van der Waals surface area contributed by atoms with Crippen LogP contribution < -0.4 is 5.32 Å². The molecule has 3 aliphatic rings. The van der Waals surface area contributed by atoms with Gasteiger partial charge in [-0.3, -0.25) is 4.99 Å². The summed E-state index contributed by atoms with van der Waals surface area (Å²) in [5.74, 6) is 1.93. The van der Waals surface area contributed by atoms with Crippen molar-refractivity contribution < 1.29 is 4.79 Å². The maximum Gasteiger partial charge on any atom is 0.317 e. The predicted octanol–water partition coefficient (Wildman–Crippen LogP) is 1.81. The molecule has 3 aliphatic heterocycles. The third-order valence-electron chi connectivity index (χ3n) is 5.28. The molecule has 0 unspecified atom stereocenters. The van der Waals surface area contributed by atoms with Crippen LogP contribution in [-0.4, -0.2) is 71.7 Å². The Hall–Kier alpha value is -2.83. The number of aliphatic imine (C=N–C) groups is 2. The van der Waals surface area contributed by atoms with E-state index in [-0.39, 0.29) is 6.03 Å². The van der Waals surface area contributed by atoms with Crippen LogP contribution >= 0.6 is 0 Å². The molecule has 1 aromatic rings. The quantitative estimate of drug-likeness (QED) is 0.887. The normalized spacial score (nSPS) is 21.7. The van der Waals surface area contributed by atoms with Crippen LogP contribution in [0.4, 0.5) is 4.79 Å². The van der Waals surface area contributed by atoms with E-state index in [1.165, 1.54) is 5.56 Å². The highest BCUT2D eigenvalue weighted by Gasteiger charge is 2.27. The van der Waals surface area contributed by atoms with Gasteiger partial charge in [0.25, 0.3) is 0 Å². The summed E-state index contributed by atoms with van der Waals surface area (Å²) >= 11 is 0. The SMILES string of the molecule is Cc1ccc(CNC(=O)N2CCN(C3=CC4=NC[C@H](C)N4C=N3)CC2)cc1. The number of amidine groups is 1. The summed E-state index contributed by atoms with van der Waals surface area (Å²) in [4.78, 5) is 27.8. The molecule has 1 atom stereocenters. The highest BCUT2D eigenvalue weighted by atomic mass is 16.2. The molecule has 3 heterocycles. The Morgan fingerprint density at radius 2 is 1.93 bits per heavy atom. The maximum absolute atomic E-state index is 12.4. The van der Waals surface area contributed by atoms with Gasteiger partial charge in [-0.25, -0.2) is 9.79 Å². The van der Waals surface area contributed by atoms with Gasteiger partial charge in [0.15, 0.2) is 0 Å². The van der Waals surface area contributed by atoms with Gasteiger partial charge in [-0.2, -0.15) is 0 Å². The molecular formula is C20H26N6O. The van der Waals surface area contributed by atoms with E-state index >= 15 is 0 Å². The smallest absolute Gasteiger partial charge is 0.317 e. The van der Waals surface area contributed by atoms with E-state index in [1.807, 2.05) is 11.2 Å². The first-order valence-electron chi connectivity index (χ1n) is 9.52. The number of amides is 2. The molecule has 0 aliphatic carbocycles. The predicted molar refractivity (Wildman–Crippen MR) is 107 cm³/mol. The highest BCUT2D eigenvalue weighted by molar-refractivity contribution is 6.03. The van der Waals surface area contributed by atoms with Crippen LogP contribution in [0.2, 0.25) is 0 Å². The zero-order valence-electron chi connectivity index (χ0n) is 15.9. The van der Waals surface area contributed by atoms with E-state index in [2.05, 4.69) is 69.3 Å². The molecular weight excluding hydrogens is 340 g/mol. The molecule has 7 heteroatoms. The van der Waals surface area contributed by atoms with Crippen molar-refractivity contribution in [3.63, 3.8) is 0 Å². The first-order chi connectivity index (χ1) is 13.1. The summed E-state index contributed by atoms with van der Waals surface area (Å²) in [5, 5.41) is 3.02. The summed E-state index contributed by atoms with van der Waals surface area (Å²) in [6.07, 6.45) is 3.93. The van der Waals surface area contributed by atoms with Crippen molar-refractivity contribution in [3.05, 3.63) is 47.3 Å². The lowest BCUT2D eigenvalue weighted by Crippen LogP contribution is -2.51. The number of nitrogens with one attached hydrogen (secondary N) is 1. The number of aryl methyl sites for hydroxylation is 1. The Morgan fingerprint density at radius 1 is 1.19 bits per heavy atom. The molecule has 0 spiro atoms. The molecule has 0 saturated carbocycles. The molecule has 1 fully saturated rings. The van der Waals surface area contributed by atoms with Crippen LogP contribution in [0.5, 0.6) is 0 Å². The van der Waals surface area contributed by atoms with Gasteiger partial charge in [0, 0.05) is 38.8 Å². The van der Waals surface area contributed by atoms with Gasteiger partial charge in [-0.05, 0) is 19.4 Å². The molecule has 1 N–H and O–H groups in total. The van der Waals surface area contributed by atoms with E-state index in [0.29, 0.717) is 25.7 Å². The molecule has 0 aromatic heterocycles. The summed E-state index contributed by atoms with van der Waals surface area (Å²) in [5.41, 5.74) is 2.34. The summed E-state index contributed by atoms with van der Waals surface area (Å²) in [6.45, 7) is 8.54. The third-order valence-corrected chi connectivity index (χ3v) is 5.28. The van der Waals surface area contributed by atoms with Crippen molar-refractivity contribution in [2.75, 3.05) is 32.7 Å². The number of hydrogen-bond acceptors (Lipinski definition) is 5. The first-order valence-corrected chi connectivity index (χ1v) is 9.52. The number of rotatable bonds is 3. The van der Waals surface area contributed by atoms with Gasteiger partial charge in [0.2, 0.25) is 0 Å². The number of nitrogens with zero attached hydrogens (tertiary/aromatic N) is 5. The first kappa shape index (κ1) is 17.6. The minimum atomic E-state index is -0.00322. The van der Waals surface area contributed by atoms with E-state index in [1.54, 1.807) is 0 Å². The molecule has 142 valence electrons. The number of fused-ring (bicyclic) bond motifs is 1. The van der Waals surface area contributed by atoms with Crippen LogP contribution in [0.25, 0.3) is 0 Å². The Bertz CT molecular complexity index is 789. The molecule has 1 saturated heterocycles. The number of carbonyl (C=O) groups is 1. The van der Waals surface area contributed by atoms with Crippen molar-refractivity contribution in [2.24, 2.45) is 9.98 Å². The number of hydrogen-bond donors (Lipinski definition) is 1. The third kappa shape index (κ3) is 3.82. The monoisotopic (exact) mass is 366 g/mol. The van der Waals surface area contributed by atoms with Crippen molar-refractivity contribution in [1.82, 2.24) is 20.0 Å². The average molecular weight is 366 g/mol. The Kier molecular flexibility index (Phi) is 4.83. The lowest BCUT2D eigenvalue weighted by atomic mass is 10.1. The zero-order chi connectivity index (χ0) is 18.8. The molecule has 4 rings (SSSR count). The van der Waals surface area contributed by atoms with Crippen LogP contribution in [0.1, 0.15) is 18.1 Å². The van der Waals surface area contributed by atoms with E-state index in [0.717, 1.165) is 36.9 Å². The standard InChI is InChI=1S/C20H26N6O/c1-15-3-5-17(6-4-15)13-22-20(27)25-9-7-24(8-10-25)18-11-19-21-12-16(2)26(19)14-23-18/h3-6,11,14,16H,7-10,12-13H2,1-2H3,(H,22,27)/t16-/m0/s1. The second-order valence-electron chi connectivity index (χ2n) is 7.32. The number of piperazine rings is 1. The lowest BCUT2D eigenvalue weighted by molar-refractivity contribution is 0.156. The van der Waals surface area contributed by atoms with E-state index < -0.39 is 0 Å². The van der Waals surface area contributed by atoms with Crippen molar-refractivity contribution in [3.8, 4) is 0 Å². The number of benzene rings is 1. The van der Waals surface area contributed by atoms with Crippen molar-refractivity contribution in [2.45, 2.75) is 26.4 Å². The fourth-order valence-corrected chi connectivity index (χ4v) is 3.50. The highest BCUT2D eigenvalue weighted by Crippen LogP contribution is 2.19. The van der Waals surface area contributed by atoms with Crippen molar-refractivity contribution in [1.29, 1.82) is 0 Å². The minimum absolute atomic E-state index is 0.00322. The molecule has 0 radical (unpaired) electrons. The number of carbonyl (C=O) groups excluding carboxylic acids is 1. The number of urea groups is 1. The van der Waals surface area contributed by atoms with E-state index in [4.69, 9.17) is 0 Å². The minimum Gasteiger partial charge on any atom is -0.353 e. The van der Waals surface area contributed by atoms with Gasteiger partial charge in [-0.1, -0.05) is 29.8 Å². The second-order valence-corrected chi connectivity index (χ2v) is 7.32. The van der Waals surface area contributed by atoms with Gasteiger partial charge >= 0.3 is 6.03 Å².